The molecule has 0 saturated heterocycles. The van der Waals surface area contributed by atoms with E-state index >= 15 is 0 Å². The van der Waals surface area contributed by atoms with E-state index in [-0.39, 0.29) is 16.8 Å². The maximum atomic E-state index is 11.2. The summed E-state index contributed by atoms with van der Waals surface area (Å²) >= 11 is 0. The fraction of sp³-hybridized carbons (Fsp3) is 0.0625. The van der Waals surface area contributed by atoms with Gasteiger partial charge in [0.05, 0.1) is 23.3 Å². The van der Waals surface area contributed by atoms with E-state index in [1.807, 2.05) is 12.1 Å². The highest BCUT2D eigenvalue weighted by atomic mass is 16.6. The minimum atomic E-state index is -0.492. The molecule has 6 heteroatoms. The summed E-state index contributed by atoms with van der Waals surface area (Å²) < 4.78 is 5.17. The minimum Gasteiger partial charge on any atom is -0.497 e. The zero-order chi connectivity index (χ0) is 15.7. The van der Waals surface area contributed by atoms with Gasteiger partial charge >= 0.3 is 0 Å². The van der Waals surface area contributed by atoms with E-state index in [4.69, 9.17) is 4.74 Å². The van der Waals surface area contributed by atoms with E-state index in [1.165, 1.54) is 12.1 Å². The molecule has 2 aromatic carbocycles. The van der Waals surface area contributed by atoms with Crippen LogP contribution in [0.2, 0.25) is 0 Å². The highest BCUT2D eigenvalue weighted by Crippen LogP contribution is 2.34. The average molecular weight is 296 g/mol. The molecule has 3 aromatic rings. The Morgan fingerprint density at radius 3 is 2.73 bits per heavy atom. The summed E-state index contributed by atoms with van der Waals surface area (Å²) in [6.45, 7) is 0. The predicted octanol–water partition coefficient (Wildman–Crippen LogP) is 3.56. The number of ether oxygens (including phenoxy) is 1. The number of rotatable bonds is 4. The fourth-order valence-electron chi connectivity index (χ4n) is 2.47. The third-order valence-electron chi connectivity index (χ3n) is 3.50. The molecule has 1 heterocycles. The first-order valence-corrected chi connectivity index (χ1v) is 6.53. The lowest BCUT2D eigenvalue weighted by Crippen LogP contribution is -1.96. The van der Waals surface area contributed by atoms with Crippen LogP contribution in [0.4, 0.5) is 5.69 Å². The molecular weight excluding hydrogens is 284 g/mol. The number of hydrogen-bond donors (Lipinski definition) is 1. The highest BCUT2D eigenvalue weighted by Gasteiger charge is 2.20. The molecule has 0 saturated carbocycles. The van der Waals surface area contributed by atoms with Crippen molar-refractivity contribution in [1.82, 2.24) is 4.98 Å². The Morgan fingerprint density at radius 2 is 2.05 bits per heavy atom. The molecule has 0 aliphatic heterocycles. The Labute approximate surface area is 125 Å². The van der Waals surface area contributed by atoms with Gasteiger partial charge in [-0.25, -0.2) is 0 Å². The lowest BCUT2D eigenvalue weighted by molar-refractivity contribution is -0.384. The molecule has 1 aromatic heterocycles. The maximum absolute atomic E-state index is 11.2. The minimum absolute atomic E-state index is 0.108. The van der Waals surface area contributed by atoms with Crippen LogP contribution in [0.5, 0.6) is 5.75 Å². The van der Waals surface area contributed by atoms with Crippen molar-refractivity contribution in [3.63, 3.8) is 0 Å². The lowest BCUT2D eigenvalue weighted by atomic mass is 10.0. The molecule has 22 heavy (non-hydrogen) atoms. The predicted molar refractivity (Wildman–Crippen MR) is 82.3 cm³/mol. The number of aromatic nitrogens is 1. The van der Waals surface area contributed by atoms with E-state index < -0.39 is 4.92 Å². The molecule has 0 unspecified atom stereocenters. The molecule has 110 valence electrons. The Morgan fingerprint density at radius 1 is 1.23 bits per heavy atom. The second-order valence-electron chi connectivity index (χ2n) is 4.75. The molecule has 0 spiro atoms. The number of nitrogens with zero attached hydrogens (tertiary/aromatic N) is 1. The first-order chi connectivity index (χ1) is 10.6. The quantitative estimate of drug-likeness (QED) is 0.453. The summed E-state index contributed by atoms with van der Waals surface area (Å²) in [5, 5.41) is 12.1. The van der Waals surface area contributed by atoms with Crippen LogP contribution in [-0.2, 0) is 0 Å². The van der Waals surface area contributed by atoms with E-state index in [0.29, 0.717) is 17.7 Å². The third kappa shape index (κ3) is 2.20. The van der Waals surface area contributed by atoms with Crippen LogP contribution < -0.4 is 4.74 Å². The zero-order valence-electron chi connectivity index (χ0n) is 11.7. The lowest BCUT2D eigenvalue weighted by Gasteiger charge is -2.03. The monoisotopic (exact) mass is 296 g/mol. The van der Waals surface area contributed by atoms with Crippen LogP contribution in [0.1, 0.15) is 10.4 Å². The van der Waals surface area contributed by atoms with E-state index in [1.54, 1.807) is 25.3 Å². The first kappa shape index (κ1) is 13.8. The van der Waals surface area contributed by atoms with Crippen molar-refractivity contribution in [2.75, 3.05) is 7.11 Å². The van der Waals surface area contributed by atoms with Gasteiger partial charge in [-0.05, 0) is 24.3 Å². The summed E-state index contributed by atoms with van der Waals surface area (Å²) in [7, 11) is 1.57. The summed E-state index contributed by atoms with van der Waals surface area (Å²) in [6.07, 6.45) is 0.619. The van der Waals surface area contributed by atoms with Crippen LogP contribution in [0, 0.1) is 10.1 Å². The van der Waals surface area contributed by atoms with E-state index in [2.05, 4.69) is 4.98 Å². The van der Waals surface area contributed by atoms with Gasteiger partial charge in [0.2, 0.25) is 0 Å². The number of methoxy groups -OCH3 is 1. The van der Waals surface area contributed by atoms with Gasteiger partial charge in [-0.2, -0.15) is 0 Å². The third-order valence-corrected chi connectivity index (χ3v) is 3.50. The number of aromatic amines is 1. The van der Waals surface area contributed by atoms with Crippen molar-refractivity contribution < 1.29 is 14.5 Å². The fourth-order valence-corrected chi connectivity index (χ4v) is 2.47. The van der Waals surface area contributed by atoms with Crippen LogP contribution in [-0.4, -0.2) is 23.3 Å². The van der Waals surface area contributed by atoms with Gasteiger partial charge in [0.1, 0.15) is 5.75 Å². The van der Waals surface area contributed by atoms with E-state index in [9.17, 15) is 14.9 Å². The van der Waals surface area contributed by atoms with E-state index in [0.717, 1.165) is 10.9 Å². The summed E-state index contributed by atoms with van der Waals surface area (Å²) in [6, 6.07) is 11.7. The van der Waals surface area contributed by atoms with Gasteiger partial charge in [-0.1, -0.05) is 12.1 Å². The maximum Gasteiger partial charge on any atom is 0.279 e. The molecule has 0 bridgehead atoms. The second kappa shape index (κ2) is 5.33. The van der Waals surface area contributed by atoms with Crippen LogP contribution in [0.15, 0.2) is 42.5 Å². The van der Waals surface area contributed by atoms with Crippen molar-refractivity contribution in [2.24, 2.45) is 0 Å². The topological polar surface area (TPSA) is 85.2 Å². The number of aldehydes is 1. The molecule has 0 fully saturated rings. The molecule has 0 atom stereocenters. The summed E-state index contributed by atoms with van der Waals surface area (Å²) in [5.41, 5.74) is 1.79. The van der Waals surface area contributed by atoms with Gasteiger partial charge in [0.15, 0.2) is 6.29 Å². The zero-order valence-corrected chi connectivity index (χ0v) is 11.7. The largest absolute Gasteiger partial charge is 0.497 e. The molecule has 0 amide bonds. The first-order valence-electron chi connectivity index (χ1n) is 6.53. The van der Waals surface area contributed by atoms with Crippen LogP contribution in [0.25, 0.3) is 22.2 Å². The van der Waals surface area contributed by atoms with Crippen molar-refractivity contribution in [1.29, 1.82) is 0 Å². The number of H-pyrrole nitrogens is 1. The molecule has 0 radical (unpaired) electrons. The van der Waals surface area contributed by atoms with Crippen molar-refractivity contribution >= 4 is 22.9 Å². The highest BCUT2D eigenvalue weighted by molar-refractivity contribution is 5.95. The molecular formula is C16H12N2O4. The number of carbonyl (C=O) groups excluding carboxylic acids is 1. The smallest absolute Gasteiger partial charge is 0.279 e. The Balaban J connectivity index is 2.26. The number of nitro groups is 1. The van der Waals surface area contributed by atoms with Gasteiger partial charge in [0.25, 0.3) is 5.69 Å². The van der Waals surface area contributed by atoms with Gasteiger partial charge in [0, 0.05) is 22.5 Å². The van der Waals surface area contributed by atoms with Crippen molar-refractivity contribution in [3.8, 4) is 17.0 Å². The number of carbonyl (C=O) groups is 1. The molecule has 3 rings (SSSR count). The normalized spacial score (nSPS) is 10.6. The Bertz CT molecular complexity index is 883. The molecule has 0 aliphatic carbocycles. The number of hydrogen-bond acceptors (Lipinski definition) is 4. The average Bonchev–Trinajstić information content (AvgIpc) is 2.96. The summed E-state index contributed by atoms with van der Waals surface area (Å²) in [4.78, 5) is 25.1. The number of fused-ring (bicyclic) bond motifs is 1. The molecule has 0 aliphatic rings. The molecule has 1 N–H and O–H groups in total. The SMILES string of the molecule is COc1ccc2[nH]c(-c3c(C=O)cccc3[N+](=O)[O-])cc2c1. The summed E-state index contributed by atoms with van der Waals surface area (Å²) in [5.74, 6) is 0.691. The van der Waals surface area contributed by atoms with Gasteiger partial charge in [-0.15, -0.1) is 0 Å². The van der Waals surface area contributed by atoms with Gasteiger partial charge < -0.3 is 9.72 Å². The Kier molecular flexibility index (Phi) is 3.34. The second-order valence-corrected chi connectivity index (χ2v) is 4.75. The van der Waals surface area contributed by atoms with Crippen molar-refractivity contribution in [3.05, 3.63) is 58.1 Å². The van der Waals surface area contributed by atoms with Crippen molar-refractivity contribution in [2.45, 2.75) is 0 Å². The van der Waals surface area contributed by atoms with Crippen LogP contribution in [0.3, 0.4) is 0 Å². The standard InChI is InChI=1S/C16H12N2O4/c1-22-12-5-6-13-11(7-12)8-14(17-13)16-10(9-19)3-2-4-15(16)18(20)21/h2-9,17H,1H3. The van der Waals surface area contributed by atoms with Crippen LogP contribution >= 0.6 is 0 Å². The Hall–Kier alpha value is -3.15. The number of nitro benzene ring substituents is 1. The number of benzene rings is 2. The number of nitrogens with one attached hydrogen (secondary N) is 1. The van der Waals surface area contributed by atoms with Gasteiger partial charge in [-0.3, -0.25) is 14.9 Å². The molecule has 6 nitrogen and oxygen atoms in total.